The number of benzene rings is 3. The molecule has 0 radical (unpaired) electrons. The average molecular weight is 329 g/mol. The van der Waals surface area contributed by atoms with Gasteiger partial charge in [-0.15, -0.1) is 0 Å². The number of rotatable bonds is 2. The van der Waals surface area contributed by atoms with Crippen molar-refractivity contribution in [1.82, 2.24) is 5.32 Å². The van der Waals surface area contributed by atoms with Gasteiger partial charge in [-0.05, 0) is 29.0 Å². The molecule has 0 unspecified atom stereocenters. The van der Waals surface area contributed by atoms with Crippen molar-refractivity contribution in [2.45, 2.75) is 6.42 Å². The third-order valence-electron chi connectivity index (χ3n) is 4.07. The lowest BCUT2D eigenvalue weighted by atomic mass is 10.0. The van der Waals surface area contributed by atoms with Gasteiger partial charge in [-0.2, -0.15) is 10.1 Å². The van der Waals surface area contributed by atoms with Crippen molar-refractivity contribution >= 4 is 34.1 Å². The molecule has 5 heteroatoms. The zero-order valence-electron chi connectivity index (χ0n) is 13.3. The predicted octanol–water partition coefficient (Wildman–Crippen LogP) is 3.32. The molecule has 0 bridgehead atoms. The normalized spacial score (nSPS) is 13.8. The zero-order valence-corrected chi connectivity index (χ0v) is 13.3. The summed E-state index contributed by atoms with van der Waals surface area (Å²) in [6, 6.07) is 22.4. The number of nitrogens with one attached hydrogen (secondary N) is 1. The molecule has 3 aromatic rings. The number of carbonyl (C=O) groups excluding carboxylic acids is 2. The fourth-order valence-corrected chi connectivity index (χ4v) is 2.89. The molecule has 4 rings (SSSR count). The highest BCUT2D eigenvalue weighted by Gasteiger charge is 2.26. The molecular weight excluding hydrogens is 314 g/mol. The van der Waals surface area contributed by atoms with E-state index in [0.717, 1.165) is 10.8 Å². The van der Waals surface area contributed by atoms with Gasteiger partial charge in [-0.25, -0.2) is 0 Å². The summed E-state index contributed by atoms with van der Waals surface area (Å²) >= 11 is 0. The number of hydrogen-bond donors (Lipinski definition) is 1. The average Bonchev–Trinajstić information content (AvgIpc) is 3.02. The Balaban J connectivity index is 1.60. The third kappa shape index (κ3) is 2.87. The van der Waals surface area contributed by atoms with E-state index >= 15 is 0 Å². The molecule has 0 saturated carbocycles. The second-order valence-corrected chi connectivity index (χ2v) is 5.75. The molecular formula is C20H15N3O2. The summed E-state index contributed by atoms with van der Waals surface area (Å²) in [5, 5.41) is 10.2. The number of anilines is 1. The lowest BCUT2D eigenvalue weighted by Crippen LogP contribution is -2.29. The number of hydrazone groups is 1. The van der Waals surface area contributed by atoms with Gasteiger partial charge in [0.25, 0.3) is 11.8 Å². The van der Waals surface area contributed by atoms with Gasteiger partial charge in [0.05, 0.1) is 12.1 Å². The van der Waals surface area contributed by atoms with Gasteiger partial charge >= 0.3 is 0 Å². The van der Waals surface area contributed by atoms with Crippen LogP contribution in [0.15, 0.2) is 77.9 Å². The second-order valence-electron chi connectivity index (χ2n) is 5.75. The van der Waals surface area contributed by atoms with Crippen LogP contribution in [0, 0.1) is 0 Å². The van der Waals surface area contributed by atoms with Crippen molar-refractivity contribution in [3.8, 4) is 0 Å². The van der Waals surface area contributed by atoms with Gasteiger partial charge < -0.3 is 5.32 Å². The van der Waals surface area contributed by atoms with E-state index in [1.807, 2.05) is 54.6 Å². The van der Waals surface area contributed by atoms with E-state index in [9.17, 15) is 9.59 Å². The maximum Gasteiger partial charge on any atom is 0.257 e. The van der Waals surface area contributed by atoms with E-state index in [0.29, 0.717) is 17.1 Å². The molecule has 3 aromatic carbocycles. The maximum atomic E-state index is 12.6. The molecule has 1 N–H and O–H groups in total. The van der Waals surface area contributed by atoms with Crippen LogP contribution in [0.3, 0.4) is 0 Å². The van der Waals surface area contributed by atoms with Crippen LogP contribution in [0.5, 0.6) is 0 Å². The number of carbonyl (C=O) groups is 2. The highest BCUT2D eigenvalue weighted by atomic mass is 16.2. The van der Waals surface area contributed by atoms with Crippen molar-refractivity contribution in [2.75, 3.05) is 5.01 Å². The first-order valence-electron chi connectivity index (χ1n) is 7.97. The first-order chi connectivity index (χ1) is 12.2. The van der Waals surface area contributed by atoms with Crippen LogP contribution >= 0.6 is 0 Å². The summed E-state index contributed by atoms with van der Waals surface area (Å²) in [7, 11) is 0. The molecule has 25 heavy (non-hydrogen) atoms. The summed E-state index contributed by atoms with van der Waals surface area (Å²) in [6.45, 7) is 0. The van der Waals surface area contributed by atoms with Gasteiger partial charge in [0, 0.05) is 5.56 Å². The minimum absolute atomic E-state index is 0.0748. The smallest absolute Gasteiger partial charge is 0.257 e. The molecule has 0 aliphatic carbocycles. The Kier molecular flexibility index (Phi) is 3.74. The first kappa shape index (κ1) is 15.1. The van der Waals surface area contributed by atoms with Crippen LogP contribution in [0.25, 0.3) is 10.8 Å². The Hall–Kier alpha value is -3.47. The Morgan fingerprint density at radius 2 is 1.64 bits per heavy atom. The Bertz CT molecular complexity index is 991. The Morgan fingerprint density at radius 3 is 2.48 bits per heavy atom. The lowest BCUT2D eigenvalue weighted by molar-refractivity contribution is -0.116. The summed E-state index contributed by atoms with van der Waals surface area (Å²) in [5.74, 6) is -0.0792. The molecule has 0 spiro atoms. The quantitative estimate of drug-likeness (QED) is 0.784. The molecule has 1 aliphatic rings. The van der Waals surface area contributed by atoms with E-state index in [2.05, 4.69) is 10.4 Å². The highest BCUT2D eigenvalue weighted by molar-refractivity contribution is 6.19. The minimum atomic E-state index is -0.265. The molecule has 0 saturated heterocycles. The van der Waals surface area contributed by atoms with Crippen molar-refractivity contribution in [2.24, 2.45) is 5.10 Å². The molecule has 1 heterocycles. The topological polar surface area (TPSA) is 61.8 Å². The molecule has 2 amide bonds. The molecule has 5 nitrogen and oxygen atoms in total. The van der Waals surface area contributed by atoms with E-state index < -0.39 is 0 Å². The predicted molar refractivity (Wildman–Crippen MR) is 97.4 cm³/mol. The largest absolute Gasteiger partial charge is 0.308 e. The summed E-state index contributed by atoms with van der Waals surface area (Å²) in [4.78, 5) is 24.8. The van der Waals surface area contributed by atoms with E-state index in [1.54, 1.807) is 18.2 Å². The molecule has 0 fully saturated rings. The van der Waals surface area contributed by atoms with E-state index in [1.165, 1.54) is 5.01 Å². The fourth-order valence-electron chi connectivity index (χ4n) is 2.89. The number of hydrogen-bond acceptors (Lipinski definition) is 3. The Labute approximate surface area is 144 Å². The van der Waals surface area contributed by atoms with Crippen molar-refractivity contribution in [3.63, 3.8) is 0 Å². The number of amides is 2. The van der Waals surface area contributed by atoms with Gasteiger partial charge in [0.2, 0.25) is 0 Å². The molecule has 122 valence electrons. The molecule has 1 aliphatic heterocycles. The monoisotopic (exact) mass is 329 g/mol. The fraction of sp³-hybridized carbons (Fsp3) is 0.0500. The maximum absolute atomic E-state index is 12.6. The summed E-state index contributed by atoms with van der Waals surface area (Å²) < 4.78 is 0. The van der Waals surface area contributed by atoms with Crippen LogP contribution in [0.4, 0.5) is 5.69 Å². The standard InChI is InChI=1S/C20H15N3O2/c24-19-13-18(22-23(19)15-9-2-1-3-10-15)21-20(25)17-12-6-8-14-7-4-5-11-16(14)17/h1-12H,13H2,(H,21,22,25). The van der Waals surface area contributed by atoms with Crippen LogP contribution in [0.2, 0.25) is 0 Å². The number of amidine groups is 1. The first-order valence-corrected chi connectivity index (χ1v) is 7.97. The van der Waals surface area contributed by atoms with Crippen LogP contribution in [-0.4, -0.2) is 17.6 Å². The van der Waals surface area contributed by atoms with E-state index in [4.69, 9.17) is 0 Å². The van der Waals surface area contributed by atoms with Crippen LogP contribution < -0.4 is 10.3 Å². The van der Waals surface area contributed by atoms with Gasteiger partial charge in [-0.3, -0.25) is 9.59 Å². The lowest BCUT2D eigenvalue weighted by Gasteiger charge is -2.10. The number of para-hydroxylation sites is 1. The number of nitrogens with zero attached hydrogens (tertiary/aromatic N) is 2. The Morgan fingerprint density at radius 1 is 0.920 bits per heavy atom. The van der Waals surface area contributed by atoms with Crippen molar-refractivity contribution < 1.29 is 9.59 Å². The van der Waals surface area contributed by atoms with Gasteiger partial charge in [-0.1, -0.05) is 54.6 Å². The second kappa shape index (κ2) is 6.20. The van der Waals surface area contributed by atoms with Gasteiger partial charge in [0.1, 0.15) is 5.84 Å². The molecule has 0 aromatic heterocycles. The van der Waals surface area contributed by atoms with Gasteiger partial charge in [0.15, 0.2) is 0 Å². The van der Waals surface area contributed by atoms with Crippen molar-refractivity contribution in [1.29, 1.82) is 0 Å². The SMILES string of the molecule is O=C(NC1=NN(c2ccccc2)C(=O)C1)c1cccc2ccccc12. The minimum Gasteiger partial charge on any atom is -0.308 e. The highest BCUT2D eigenvalue weighted by Crippen LogP contribution is 2.21. The molecule has 0 atom stereocenters. The van der Waals surface area contributed by atoms with Crippen molar-refractivity contribution in [3.05, 3.63) is 78.4 Å². The van der Waals surface area contributed by atoms with Crippen LogP contribution in [0.1, 0.15) is 16.8 Å². The zero-order chi connectivity index (χ0) is 17.2. The van der Waals surface area contributed by atoms with E-state index in [-0.39, 0.29) is 18.2 Å². The summed E-state index contributed by atoms with van der Waals surface area (Å²) in [5.41, 5.74) is 1.24. The van der Waals surface area contributed by atoms with Crippen LogP contribution in [-0.2, 0) is 4.79 Å². The third-order valence-corrected chi connectivity index (χ3v) is 4.07. The number of fused-ring (bicyclic) bond motifs is 1. The summed E-state index contributed by atoms with van der Waals surface area (Å²) in [6.07, 6.45) is 0.0748.